The summed E-state index contributed by atoms with van der Waals surface area (Å²) in [6, 6.07) is 3.71. The molecule has 0 amide bonds. The third kappa shape index (κ3) is 4.20. The molecule has 0 atom stereocenters. The Kier molecular flexibility index (Phi) is 5.09. The molecule has 0 aromatic carbocycles. The highest BCUT2D eigenvalue weighted by Gasteiger charge is 2.12. The van der Waals surface area contributed by atoms with E-state index in [9.17, 15) is 0 Å². The topological polar surface area (TPSA) is 78.0 Å². The fraction of sp³-hybridized carbons (Fsp3) is 0.182. The molecule has 1 heterocycles. The molecule has 0 spiro atoms. The van der Waals surface area contributed by atoms with E-state index in [0.717, 1.165) is 5.56 Å². The van der Waals surface area contributed by atoms with Gasteiger partial charge in [0.25, 0.3) is 0 Å². The molecule has 17 heavy (non-hydrogen) atoms. The Morgan fingerprint density at radius 1 is 1.59 bits per heavy atom. The van der Waals surface area contributed by atoms with Gasteiger partial charge >= 0.3 is 0 Å². The number of hydrogen-bond acceptors (Lipinski definition) is 3. The van der Waals surface area contributed by atoms with E-state index in [-0.39, 0.29) is 5.96 Å². The summed E-state index contributed by atoms with van der Waals surface area (Å²) < 4.78 is 0. The summed E-state index contributed by atoms with van der Waals surface area (Å²) in [4.78, 5) is 5.43. The first-order valence-corrected chi connectivity index (χ1v) is 5.45. The first-order chi connectivity index (χ1) is 8.15. The Labute approximate surface area is 106 Å². The molecule has 5 nitrogen and oxygen atoms in total. The number of pyridine rings is 1. The second-order valence-corrected chi connectivity index (χ2v) is 3.69. The number of aromatic nitrogens is 1. The van der Waals surface area contributed by atoms with Crippen molar-refractivity contribution in [3.05, 3.63) is 42.7 Å². The van der Waals surface area contributed by atoms with Gasteiger partial charge in [-0.15, -0.1) is 6.58 Å². The number of hydrogen-bond donors (Lipinski definition) is 3. The van der Waals surface area contributed by atoms with Crippen molar-refractivity contribution >= 4 is 23.3 Å². The van der Waals surface area contributed by atoms with Crippen LogP contribution in [0.1, 0.15) is 5.56 Å². The Morgan fingerprint density at radius 3 is 2.76 bits per heavy atom. The number of nitrogens with zero attached hydrogens (tertiary/aromatic N) is 2. The molecule has 90 valence electrons. The fourth-order valence-electron chi connectivity index (χ4n) is 1.19. The van der Waals surface area contributed by atoms with Crippen LogP contribution in [0.15, 0.2) is 37.2 Å². The van der Waals surface area contributed by atoms with Crippen LogP contribution in [0.2, 0.25) is 0 Å². The van der Waals surface area contributed by atoms with Crippen LogP contribution in [0, 0.1) is 5.41 Å². The van der Waals surface area contributed by atoms with E-state index in [1.54, 1.807) is 18.5 Å². The van der Waals surface area contributed by atoms with Crippen molar-refractivity contribution in [1.82, 2.24) is 15.2 Å². The Bertz CT molecular complexity index is 404. The van der Waals surface area contributed by atoms with E-state index in [4.69, 9.17) is 23.4 Å². The maximum Gasteiger partial charge on any atom is 0.195 e. The zero-order chi connectivity index (χ0) is 12.7. The summed E-state index contributed by atoms with van der Waals surface area (Å²) in [5.41, 5.74) is 6.48. The molecule has 0 fully saturated rings. The van der Waals surface area contributed by atoms with Crippen LogP contribution in [0.4, 0.5) is 0 Å². The lowest BCUT2D eigenvalue weighted by atomic mass is 10.2. The van der Waals surface area contributed by atoms with E-state index in [1.165, 1.54) is 4.90 Å². The summed E-state index contributed by atoms with van der Waals surface area (Å²) in [6.45, 7) is 4.57. The zero-order valence-corrected chi connectivity index (χ0v) is 10.2. The SMILES string of the molecule is C=CCNC(=S)N(Cc1ccncc1)C(=N)N. The molecule has 1 aromatic heterocycles. The lowest BCUT2D eigenvalue weighted by molar-refractivity contribution is 0.580. The maximum absolute atomic E-state index is 7.50. The molecule has 4 N–H and O–H groups in total. The Hall–Kier alpha value is -1.95. The van der Waals surface area contributed by atoms with Crippen molar-refractivity contribution in [2.24, 2.45) is 5.73 Å². The molecular weight excluding hydrogens is 234 g/mol. The highest BCUT2D eigenvalue weighted by Crippen LogP contribution is 2.03. The highest BCUT2D eigenvalue weighted by atomic mass is 32.1. The Balaban J connectivity index is 2.70. The molecule has 0 saturated carbocycles. The fourth-order valence-corrected chi connectivity index (χ4v) is 1.44. The van der Waals surface area contributed by atoms with Crippen LogP contribution in [-0.2, 0) is 6.54 Å². The van der Waals surface area contributed by atoms with Gasteiger partial charge in [-0.2, -0.15) is 0 Å². The van der Waals surface area contributed by atoms with Crippen LogP contribution < -0.4 is 11.1 Å². The largest absolute Gasteiger partial charge is 0.370 e. The minimum Gasteiger partial charge on any atom is -0.370 e. The van der Waals surface area contributed by atoms with Crippen LogP contribution in [0.25, 0.3) is 0 Å². The normalized spacial score (nSPS) is 9.41. The van der Waals surface area contributed by atoms with Gasteiger partial charge in [0.05, 0.1) is 6.54 Å². The van der Waals surface area contributed by atoms with E-state index >= 15 is 0 Å². The summed E-state index contributed by atoms with van der Waals surface area (Å²) in [7, 11) is 0. The summed E-state index contributed by atoms with van der Waals surface area (Å²) >= 11 is 5.15. The molecule has 0 bridgehead atoms. The van der Waals surface area contributed by atoms with Gasteiger partial charge in [0, 0.05) is 18.9 Å². The molecule has 0 radical (unpaired) electrons. The van der Waals surface area contributed by atoms with Crippen molar-refractivity contribution in [3.63, 3.8) is 0 Å². The lowest BCUT2D eigenvalue weighted by Crippen LogP contribution is -2.46. The van der Waals surface area contributed by atoms with Crippen molar-refractivity contribution in [1.29, 1.82) is 5.41 Å². The van der Waals surface area contributed by atoms with Gasteiger partial charge in [0.15, 0.2) is 11.1 Å². The molecular formula is C11H15N5S. The van der Waals surface area contributed by atoms with Crippen LogP contribution >= 0.6 is 12.2 Å². The van der Waals surface area contributed by atoms with E-state index in [1.807, 2.05) is 12.1 Å². The second-order valence-electron chi connectivity index (χ2n) is 3.30. The standard InChI is InChI=1S/C11H15N5S/c1-2-5-15-11(17)16(10(12)13)8-9-3-6-14-7-4-9/h2-4,6-7H,1,5,8H2,(H3,12,13)(H,15,17). The van der Waals surface area contributed by atoms with Gasteiger partial charge in [-0.3, -0.25) is 15.3 Å². The molecule has 1 rings (SSSR count). The zero-order valence-electron chi connectivity index (χ0n) is 9.39. The van der Waals surface area contributed by atoms with Gasteiger partial charge in [-0.1, -0.05) is 6.08 Å². The van der Waals surface area contributed by atoms with Crippen LogP contribution in [-0.4, -0.2) is 27.5 Å². The van der Waals surface area contributed by atoms with Crippen LogP contribution in [0.5, 0.6) is 0 Å². The number of rotatable bonds is 4. The average molecular weight is 249 g/mol. The number of guanidine groups is 1. The summed E-state index contributed by atoms with van der Waals surface area (Å²) in [6.07, 6.45) is 5.07. The third-order valence-electron chi connectivity index (χ3n) is 2.02. The van der Waals surface area contributed by atoms with E-state index in [2.05, 4.69) is 16.9 Å². The van der Waals surface area contributed by atoms with E-state index in [0.29, 0.717) is 18.2 Å². The predicted molar refractivity (Wildman–Crippen MR) is 72.5 cm³/mol. The number of nitrogens with one attached hydrogen (secondary N) is 2. The smallest absolute Gasteiger partial charge is 0.195 e. The molecule has 0 aliphatic carbocycles. The van der Waals surface area contributed by atoms with Gasteiger partial charge in [-0.25, -0.2) is 0 Å². The summed E-state index contributed by atoms with van der Waals surface area (Å²) in [5, 5.41) is 10.8. The monoisotopic (exact) mass is 249 g/mol. The van der Waals surface area contributed by atoms with Crippen molar-refractivity contribution in [2.75, 3.05) is 6.54 Å². The molecule has 0 aliphatic heterocycles. The Morgan fingerprint density at radius 2 is 2.24 bits per heavy atom. The number of thiocarbonyl (C=S) groups is 1. The molecule has 0 aliphatic rings. The van der Waals surface area contributed by atoms with Crippen molar-refractivity contribution < 1.29 is 0 Å². The van der Waals surface area contributed by atoms with Crippen molar-refractivity contribution in [2.45, 2.75) is 6.54 Å². The minimum atomic E-state index is -0.0941. The van der Waals surface area contributed by atoms with Gasteiger partial charge < -0.3 is 11.1 Å². The quantitative estimate of drug-likeness (QED) is 0.319. The maximum atomic E-state index is 7.50. The molecule has 0 unspecified atom stereocenters. The molecule has 1 aromatic rings. The second kappa shape index (κ2) is 6.59. The number of nitrogens with two attached hydrogens (primary N) is 1. The van der Waals surface area contributed by atoms with Crippen molar-refractivity contribution in [3.8, 4) is 0 Å². The third-order valence-corrected chi connectivity index (χ3v) is 2.39. The molecule has 6 heteroatoms. The first-order valence-electron chi connectivity index (χ1n) is 5.04. The molecule has 0 saturated heterocycles. The highest BCUT2D eigenvalue weighted by molar-refractivity contribution is 7.80. The van der Waals surface area contributed by atoms with Gasteiger partial charge in [0.1, 0.15) is 0 Å². The summed E-state index contributed by atoms with van der Waals surface area (Å²) in [5.74, 6) is -0.0941. The van der Waals surface area contributed by atoms with Gasteiger partial charge in [-0.05, 0) is 29.9 Å². The van der Waals surface area contributed by atoms with Crippen LogP contribution in [0.3, 0.4) is 0 Å². The lowest BCUT2D eigenvalue weighted by Gasteiger charge is -2.23. The van der Waals surface area contributed by atoms with Gasteiger partial charge in [0.2, 0.25) is 0 Å². The minimum absolute atomic E-state index is 0.0941. The average Bonchev–Trinajstić information content (AvgIpc) is 2.34. The van der Waals surface area contributed by atoms with E-state index < -0.39 is 0 Å². The first kappa shape index (κ1) is 13.1. The predicted octanol–water partition coefficient (Wildman–Crippen LogP) is 0.838.